The van der Waals surface area contributed by atoms with Gasteiger partial charge in [0.25, 0.3) is 0 Å². The molecule has 0 saturated carbocycles. The van der Waals surface area contributed by atoms with Crippen LogP contribution in [0.25, 0.3) is 0 Å². The number of unbranched alkanes of at least 4 members (excludes halogenated alkanes) is 2. The van der Waals surface area contributed by atoms with Crippen molar-refractivity contribution in [3.8, 4) is 0 Å². The van der Waals surface area contributed by atoms with E-state index in [0.29, 0.717) is 0 Å². The summed E-state index contributed by atoms with van der Waals surface area (Å²) in [7, 11) is -5.17. The third kappa shape index (κ3) is 44.7. The third-order valence-corrected chi connectivity index (χ3v) is 1.61. The monoisotopic (exact) mass is 272 g/mol. The minimum atomic E-state index is -5.17. The maximum atomic E-state index is 9.08. The van der Waals surface area contributed by atoms with Gasteiger partial charge >= 0.3 is 59.1 Å². The Kier molecular flexibility index (Phi) is 27.8. The van der Waals surface area contributed by atoms with Gasteiger partial charge in [0.1, 0.15) is 0 Å². The Bertz CT molecular complexity index is 200. The van der Waals surface area contributed by atoms with E-state index in [9.17, 15) is 0 Å². The Morgan fingerprint density at radius 2 is 1.50 bits per heavy atom. The first-order chi connectivity index (χ1) is 6.31. The molecule has 0 aliphatic carbocycles. The molecule has 0 aromatic rings. The Hall–Kier alpha value is 1.83. The van der Waals surface area contributed by atoms with Gasteiger partial charge in [0.2, 0.25) is 0 Å². The van der Waals surface area contributed by atoms with Crippen LogP contribution in [-0.2, 0) is 10.4 Å². The molecule has 0 amide bonds. The second kappa shape index (κ2) is 16.8. The molecule has 0 heterocycles. The summed E-state index contributed by atoms with van der Waals surface area (Å²) in [5.41, 5.74) is 0. The van der Waals surface area contributed by atoms with Crippen molar-refractivity contribution in [2.75, 3.05) is 0 Å². The minimum absolute atomic E-state index is 0. The fourth-order valence-electron chi connectivity index (χ4n) is 0.834. The average Bonchev–Trinajstić information content (AvgIpc) is 2.01. The number of aliphatic hydroxyl groups excluding tert-OH is 1. The molecular weight excluding hydrogens is 254 g/mol. The first-order valence-electron chi connectivity index (χ1n) is 4.66. The molecule has 1 atom stereocenters. The van der Waals surface area contributed by atoms with Gasteiger partial charge < -0.3 is 14.2 Å². The van der Waals surface area contributed by atoms with Crippen LogP contribution in [0.1, 0.15) is 46.0 Å². The van der Waals surface area contributed by atoms with Crippen LogP contribution in [0.15, 0.2) is 0 Å². The quantitative estimate of drug-likeness (QED) is 0.234. The van der Waals surface area contributed by atoms with E-state index in [0.717, 1.165) is 12.8 Å². The van der Waals surface area contributed by atoms with Crippen molar-refractivity contribution in [2.45, 2.75) is 52.1 Å². The minimum Gasteiger partial charge on any atom is -0.759 e. The molecule has 0 bridgehead atoms. The normalized spacial score (nSPS) is 11.3. The van der Waals surface area contributed by atoms with Crippen LogP contribution in [0.5, 0.6) is 0 Å². The van der Waals surface area contributed by atoms with Crippen molar-refractivity contribution in [2.24, 2.45) is 0 Å². The third-order valence-electron chi connectivity index (χ3n) is 1.61. The van der Waals surface area contributed by atoms with Gasteiger partial charge in [-0.1, -0.05) is 33.1 Å². The van der Waals surface area contributed by atoms with Gasteiger partial charge in [-0.25, -0.2) is 0 Å². The van der Waals surface area contributed by atoms with E-state index >= 15 is 0 Å². The van der Waals surface area contributed by atoms with E-state index in [4.69, 9.17) is 22.6 Å². The number of aliphatic hydroxyl groups is 1. The standard InChI is InChI=1S/C8H18O.2Na.H2O4S/c1-3-5-6-7-8(9)4-2;;;1-5(2,3)4/h8-9H,3-7H2,1-2H3;;;(H2,1,2,3,4)/q;2*+1;/p-2. The van der Waals surface area contributed by atoms with E-state index in [2.05, 4.69) is 6.92 Å². The molecule has 0 spiro atoms. The van der Waals surface area contributed by atoms with Crippen molar-refractivity contribution in [3.05, 3.63) is 0 Å². The van der Waals surface area contributed by atoms with Crippen LogP contribution in [0, 0.1) is 0 Å². The number of rotatable bonds is 5. The summed E-state index contributed by atoms with van der Waals surface area (Å²) in [4.78, 5) is 0. The maximum absolute atomic E-state index is 9.08. The van der Waals surface area contributed by atoms with Gasteiger partial charge in [-0.3, -0.25) is 8.42 Å². The van der Waals surface area contributed by atoms with Crippen molar-refractivity contribution in [1.29, 1.82) is 0 Å². The second-order valence-corrected chi connectivity index (χ2v) is 3.78. The van der Waals surface area contributed by atoms with Gasteiger partial charge in [-0.15, -0.1) is 0 Å². The molecule has 0 rings (SSSR count). The molecule has 0 aromatic carbocycles. The molecule has 5 nitrogen and oxygen atoms in total. The van der Waals surface area contributed by atoms with E-state index in [1.54, 1.807) is 0 Å². The first kappa shape index (κ1) is 26.4. The zero-order valence-corrected chi connectivity index (χ0v) is 15.4. The zero-order valence-electron chi connectivity index (χ0n) is 10.6. The van der Waals surface area contributed by atoms with Gasteiger partial charge in [-0.05, 0) is 12.8 Å². The maximum Gasteiger partial charge on any atom is 1.00 e. The molecule has 0 aliphatic heterocycles. The van der Waals surface area contributed by atoms with E-state index in [1.807, 2.05) is 6.92 Å². The molecule has 0 saturated heterocycles. The van der Waals surface area contributed by atoms with Crippen molar-refractivity contribution < 1.29 is 81.7 Å². The Morgan fingerprint density at radius 3 is 1.75 bits per heavy atom. The molecule has 8 heteroatoms. The van der Waals surface area contributed by atoms with Crippen LogP contribution in [-0.4, -0.2) is 28.7 Å². The topological polar surface area (TPSA) is 100 Å². The summed E-state index contributed by atoms with van der Waals surface area (Å²) in [5, 5.41) is 9.08. The van der Waals surface area contributed by atoms with Gasteiger partial charge in [-0.2, -0.15) is 0 Å². The van der Waals surface area contributed by atoms with Gasteiger partial charge in [0, 0.05) is 10.4 Å². The molecular formula is C8H18Na2O5S. The molecule has 0 fully saturated rings. The Labute approximate surface area is 143 Å². The first-order valence-corrected chi connectivity index (χ1v) is 5.99. The van der Waals surface area contributed by atoms with E-state index in [-0.39, 0.29) is 65.2 Å². The fourth-order valence-corrected chi connectivity index (χ4v) is 0.834. The number of hydrogen-bond donors (Lipinski definition) is 1. The second-order valence-electron chi connectivity index (χ2n) is 2.97. The van der Waals surface area contributed by atoms with Crippen LogP contribution >= 0.6 is 0 Å². The summed E-state index contributed by atoms with van der Waals surface area (Å²) in [6, 6.07) is 0. The summed E-state index contributed by atoms with van der Waals surface area (Å²) in [6.07, 6.45) is 5.55. The Balaban J connectivity index is -0.0000000904. The molecule has 1 unspecified atom stereocenters. The Morgan fingerprint density at radius 1 is 1.12 bits per heavy atom. The van der Waals surface area contributed by atoms with Crippen LogP contribution in [0.4, 0.5) is 0 Å². The summed E-state index contributed by atoms with van der Waals surface area (Å²) >= 11 is 0. The molecule has 16 heavy (non-hydrogen) atoms. The van der Waals surface area contributed by atoms with Crippen molar-refractivity contribution in [3.63, 3.8) is 0 Å². The molecule has 0 aliphatic rings. The van der Waals surface area contributed by atoms with Gasteiger partial charge in [0.15, 0.2) is 0 Å². The molecule has 0 aromatic heterocycles. The SMILES string of the molecule is CCCCCC(O)CC.O=S(=O)([O-])[O-].[Na+].[Na+]. The number of hydrogen-bond acceptors (Lipinski definition) is 5. The van der Waals surface area contributed by atoms with E-state index in [1.165, 1.54) is 19.3 Å². The smallest absolute Gasteiger partial charge is 0.759 e. The summed E-state index contributed by atoms with van der Waals surface area (Å²) in [6.45, 7) is 4.20. The van der Waals surface area contributed by atoms with Gasteiger partial charge in [0.05, 0.1) is 6.10 Å². The molecule has 88 valence electrons. The van der Waals surface area contributed by atoms with Crippen molar-refractivity contribution in [1.82, 2.24) is 0 Å². The van der Waals surface area contributed by atoms with Crippen LogP contribution in [0.2, 0.25) is 0 Å². The largest absolute Gasteiger partial charge is 1.00 e. The zero-order chi connectivity index (χ0) is 11.6. The predicted octanol–water partition coefficient (Wildman–Crippen LogP) is -4.99. The molecule has 1 N–H and O–H groups in total. The van der Waals surface area contributed by atoms with Crippen LogP contribution in [0.3, 0.4) is 0 Å². The van der Waals surface area contributed by atoms with E-state index < -0.39 is 10.4 Å². The molecule has 0 radical (unpaired) electrons. The van der Waals surface area contributed by atoms with Crippen molar-refractivity contribution >= 4 is 10.4 Å². The summed E-state index contributed by atoms with van der Waals surface area (Å²) < 4.78 is 34.1. The summed E-state index contributed by atoms with van der Waals surface area (Å²) in [5.74, 6) is 0. The average molecular weight is 272 g/mol. The van der Waals surface area contributed by atoms with Crippen LogP contribution < -0.4 is 59.1 Å². The predicted molar refractivity (Wildman–Crippen MR) is 50.9 cm³/mol. The fraction of sp³-hybridized carbons (Fsp3) is 1.00.